The van der Waals surface area contributed by atoms with Crippen LogP contribution in [0.15, 0.2) is 0 Å². The molecule has 0 bridgehead atoms. The zero-order chi connectivity index (χ0) is 13.9. The summed E-state index contributed by atoms with van der Waals surface area (Å²) in [5.74, 6) is 0.00877. The van der Waals surface area contributed by atoms with Crippen LogP contribution < -0.4 is 5.32 Å². The minimum atomic E-state index is 0.00877. The molecule has 0 aliphatic carbocycles. The highest BCUT2D eigenvalue weighted by atomic mass is 16.5. The van der Waals surface area contributed by atoms with Gasteiger partial charge in [-0.2, -0.15) is 0 Å². The van der Waals surface area contributed by atoms with Crippen LogP contribution in [0.25, 0.3) is 0 Å². The number of hydrogen-bond donors (Lipinski definition) is 1. The van der Waals surface area contributed by atoms with Crippen LogP contribution in [-0.2, 0) is 14.3 Å². The maximum Gasteiger partial charge on any atom is 0.222 e. The highest BCUT2D eigenvalue weighted by Crippen LogP contribution is 1.84. The summed E-state index contributed by atoms with van der Waals surface area (Å²) in [5.41, 5.74) is 0. The lowest BCUT2D eigenvalue weighted by Crippen LogP contribution is -2.19. The monoisotopic (exact) mass is 249 g/mol. The second kappa shape index (κ2) is 24.6. The molecule has 0 aliphatic heterocycles. The van der Waals surface area contributed by atoms with Gasteiger partial charge in [0, 0.05) is 20.1 Å². The largest absolute Gasteiger partial charge is 0.379 e. The molecule has 106 valence electrons. The van der Waals surface area contributed by atoms with Crippen LogP contribution in [0.4, 0.5) is 0 Å². The average Bonchev–Trinajstić information content (AvgIpc) is 2.42. The number of ether oxygens (including phenoxy) is 2. The lowest BCUT2D eigenvalue weighted by atomic mass is 10.4. The first-order chi connectivity index (χ1) is 8.31. The molecule has 0 aromatic carbocycles. The first-order valence-corrected chi connectivity index (χ1v) is 6.67. The molecule has 0 rings (SSSR count). The van der Waals surface area contributed by atoms with Crippen molar-refractivity contribution in [2.24, 2.45) is 0 Å². The van der Waals surface area contributed by atoms with Gasteiger partial charge >= 0.3 is 0 Å². The van der Waals surface area contributed by atoms with Crippen LogP contribution in [0.2, 0.25) is 0 Å². The number of hydrogen-bond acceptors (Lipinski definition) is 3. The highest BCUT2D eigenvalue weighted by molar-refractivity contribution is 5.75. The summed E-state index contributed by atoms with van der Waals surface area (Å²) in [6.07, 6.45) is 1.45. The minimum absolute atomic E-state index is 0.00877. The molecule has 0 spiro atoms. The zero-order valence-corrected chi connectivity index (χ0v) is 12.5. The van der Waals surface area contributed by atoms with Gasteiger partial charge in [0.05, 0.1) is 19.8 Å². The molecular formula is C13H31NO3. The fourth-order valence-corrected chi connectivity index (χ4v) is 0.756. The Hall–Kier alpha value is -0.610. The minimum Gasteiger partial charge on any atom is -0.379 e. The van der Waals surface area contributed by atoms with Crippen molar-refractivity contribution in [1.29, 1.82) is 0 Å². The summed E-state index contributed by atoms with van der Waals surface area (Å²) in [6, 6.07) is 0. The van der Waals surface area contributed by atoms with Crippen LogP contribution in [-0.4, -0.2) is 39.4 Å². The zero-order valence-electron chi connectivity index (χ0n) is 12.5. The van der Waals surface area contributed by atoms with E-state index < -0.39 is 0 Å². The van der Waals surface area contributed by atoms with Crippen LogP contribution in [0.1, 0.15) is 47.5 Å². The van der Waals surface area contributed by atoms with Crippen LogP contribution in [0.3, 0.4) is 0 Å². The van der Waals surface area contributed by atoms with Gasteiger partial charge in [0.25, 0.3) is 0 Å². The van der Waals surface area contributed by atoms with Crippen molar-refractivity contribution in [3.63, 3.8) is 0 Å². The molecule has 1 amide bonds. The molecular weight excluding hydrogens is 218 g/mol. The fourth-order valence-electron chi connectivity index (χ4n) is 0.756. The molecule has 4 nitrogen and oxygen atoms in total. The van der Waals surface area contributed by atoms with E-state index in [9.17, 15) is 4.79 Å². The van der Waals surface area contributed by atoms with Crippen molar-refractivity contribution in [2.75, 3.05) is 33.5 Å². The van der Waals surface area contributed by atoms with Crippen molar-refractivity contribution in [3.05, 3.63) is 0 Å². The van der Waals surface area contributed by atoms with Gasteiger partial charge in [-0.25, -0.2) is 0 Å². The van der Waals surface area contributed by atoms with Crippen molar-refractivity contribution in [1.82, 2.24) is 5.32 Å². The lowest BCUT2D eigenvalue weighted by Gasteiger charge is -2.04. The van der Waals surface area contributed by atoms with Crippen LogP contribution in [0.5, 0.6) is 0 Å². The third kappa shape index (κ3) is 25.6. The van der Waals surface area contributed by atoms with Gasteiger partial charge in [-0.1, -0.05) is 34.6 Å². The Morgan fingerprint density at radius 1 is 0.941 bits per heavy atom. The molecule has 0 heterocycles. The second-order valence-electron chi connectivity index (χ2n) is 2.65. The normalized spacial score (nSPS) is 8.35. The van der Waals surface area contributed by atoms with E-state index in [2.05, 4.69) is 12.2 Å². The van der Waals surface area contributed by atoms with E-state index in [-0.39, 0.29) is 5.91 Å². The van der Waals surface area contributed by atoms with E-state index >= 15 is 0 Å². The van der Waals surface area contributed by atoms with E-state index in [1.165, 1.54) is 0 Å². The fraction of sp³-hybridized carbons (Fsp3) is 0.923. The molecule has 0 aromatic rings. The van der Waals surface area contributed by atoms with Gasteiger partial charge in [0.1, 0.15) is 0 Å². The Bertz CT molecular complexity index is 130. The van der Waals surface area contributed by atoms with E-state index in [4.69, 9.17) is 9.47 Å². The predicted molar refractivity (Wildman–Crippen MR) is 73.3 cm³/mol. The molecule has 0 saturated carbocycles. The van der Waals surface area contributed by atoms with Crippen LogP contribution in [0, 0.1) is 0 Å². The van der Waals surface area contributed by atoms with Gasteiger partial charge < -0.3 is 14.8 Å². The van der Waals surface area contributed by atoms with Gasteiger partial charge in [-0.15, -0.1) is 0 Å². The Labute approximate surface area is 107 Å². The number of amides is 1. The quantitative estimate of drug-likeness (QED) is 0.673. The average molecular weight is 249 g/mol. The molecule has 1 N–H and O–H groups in total. The Balaban J connectivity index is -0.000000439. The first-order valence-electron chi connectivity index (χ1n) is 6.67. The van der Waals surface area contributed by atoms with Gasteiger partial charge in [-0.3, -0.25) is 4.79 Å². The van der Waals surface area contributed by atoms with Gasteiger partial charge in [0.15, 0.2) is 0 Å². The topological polar surface area (TPSA) is 47.6 Å². The van der Waals surface area contributed by atoms with E-state index in [0.29, 0.717) is 26.2 Å². The maximum absolute atomic E-state index is 10.7. The Morgan fingerprint density at radius 3 is 1.82 bits per heavy atom. The standard InChI is InChI=1S/C9H19NO3.2C2H6/c1-3-5-12-7-8-13-6-4-9(11)10-2;2*1-2/h3-8H2,1-2H3,(H,10,11);2*1-2H3. The smallest absolute Gasteiger partial charge is 0.222 e. The number of carbonyl (C=O) groups is 1. The van der Waals surface area contributed by atoms with Gasteiger partial charge in [-0.05, 0) is 6.42 Å². The summed E-state index contributed by atoms with van der Waals surface area (Å²) < 4.78 is 10.4. The maximum atomic E-state index is 10.7. The summed E-state index contributed by atoms with van der Waals surface area (Å²) >= 11 is 0. The third-order valence-corrected chi connectivity index (χ3v) is 1.47. The Morgan fingerprint density at radius 2 is 1.41 bits per heavy atom. The molecule has 0 fully saturated rings. The van der Waals surface area contributed by atoms with E-state index in [1.54, 1.807) is 7.05 Å². The first kappa shape index (κ1) is 21.7. The second-order valence-corrected chi connectivity index (χ2v) is 2.65. The molecule has 17 heavy (non-hydrogen) atoms. The number of rotatable bonds is 8. The molecule has 0 radical (unpaired) electrons. The van der Waals surface area contributed by atoms with E-state index in [0.717, 1.165) is 13.0 Å². The van der Waals surface area contributed by atoms with E-state index in [1.807, 2.05) is 27.7 Å². The van der Waals surface area contributed by atoms with Crippen molar-refractivity contribution >= 4 is 5.91 Å². The van der Waals surface area contributed by atoms with Crippen molar-refractivity contribution < 1.29 is 14.3 Å². The molecule has 0 aliphatic rings. The molecule has 0 unspecified atom stereocenters. The lowest BCUT2D eigenvalue weighted by molar-refractivity contribution is -0.121. The summed E-state index contributed by atoms with van der Waals surface area (Å²) in [4.78, 5) is 10.7. The van der Waals surface area contributed by atoms with Crippen molar-refractivity contribution in [2.45, 2.75) is 47.5 Å². The SMILES string of the molecule is CC.CC.CCCOCCOCCC(=O)NC. The van der Waals surface area contributed by atoms with Crippen LogP contribution >= 0.6 is 0 Å². The van der Waals surface area contributed by atoms with Gasteiger partial charge in [0.2, 0.25) is 5.91 Å². The number of carbonyl (C=O) groups excluding carboxylic acids is 1. The molecule has 0 aromatic heterocycles. The highest BCUT2D eigenvalue weighted by Gasteiger charge is 1.96. The molecule has 4 heteroatoms. The molecule has 0 saturated heterocycles. The summed E-state index contributed by atoms with van der Waals surface area (Å²) in [7, 11) is 1.62. The summed E-state index contributed by atoms with van der Waals surface area (Å²) in [6.45, 7) is 12.5. The number of nitrogens with one attached hydrogen (secondary N) is 1. The molecule has 0 atom stereocenters. The summed E-state index contributed by atoms with van der Waals surface area (Å²) in [5, 5.41) is 2.53. The Kier molecular flexibility index (Phi) is 31.3. The predicted octanol–water partition coefficient (Wildman–Crippen LogP) is 2.62. The van der Waals surface area contributed by atoms with Crippen molar-refractivity contribution in [3.8, 4) is 0 Å². The third-order valence-electron chi connectivity index (χ3n) is 1.47.